The number of benzene rings is 1. The second-order valence-corrected chi connectivity index (χ2v) is 7.60. The van der Waals surface area contributed by atoms with E-state index in [4.69, 9.17) is 5.26 Å². The minimum absolute atomic E-state index is 0.0956. The molecule has 1 saturated heterocycles. The normalized spacial score (nSPS) is 18.9. The van der Waals surface area contributed by atoms with Crippen molar-refractivity contribution >= 4 is 15.8 Å². The first-order chi connectivity index (χ1) is 9.78. The highest BCUT2D eigenvalue weighted by Crippen LogP contribution is 2.32. The summed E-state index contributed by atoms with van der Waals surface area (Å²) in [5, 5.41) is 9.09. The van der Waals surface area contributed by atoms with Gasteiger partial charge in [0.2, 0.25) is 10.0 Å². The van der Waals surface area contributed by atoms with E-state index >= 15 is 0 Å². The fourth-order valence-corrected chi connectivity index (χ4v) is 3.78. The second-order valence-electron chi connectivity index (χ2n) is 5.66. The Hall–Kier alpha value is -1.71. The summed E-state index contributed by atoms with van der Waals surface area (Å²) in [6.07, 6.45) is 1.07. The van der Waals surface area contributed by atoms with Gasteiger partial charge in [-0.2, -0.15) is 9.57 Å². The van der Waals surface area contributed by atoms with Gasteiger partial charge in [0.25, 0.3) is 0 Å². The van der Waals surface area contributed by atoms with Gasteiger partial charge in [-0.15, -0.1) is 0 Å². The lowest BCUT2D eigenvalue weighted by Crippen LogP contribution is -2.41. The van der Waals surface area contributed by atoms with E-state index in [1.807, 2.05) is 6.92 Å². The highest BCUT2D eigenvalue weighted by atomic mass is 32.2. The molecule has 0 N–H and O–H groups in total. The Bertz CT molecular complexity index is 679. The zero-order valence-electron chi connectivity index (χ0n) is 12.2. The molecule has 0 unspecified atom stereocenters. The van der Waals surface area contributed by atoms with Crippen molar-refractivity contribution in [2.45, 2.75) is 31.6 Å². The van der Waals surface area contributed by atoms with Crippen LogP contribution in [0.5, 0.6) is 0 Å². The molecule has 0 radical (unpaired) electrons. The van der Waals surface area contributed by atoms with Gasteiger partial charge in [-0.1, -0.05) is 12.1 Å². The lowest BCUT2D eigenvalue weighted by molar-refractivity contribution is 0.101. The number of nitriles is 1. The summed E-state index contributed by atoms with van der Waals surface area (Å²) in [4.78, 5) is 11.4. The number of nitrogens with zero attached hydrogens (tertiary/aromatic N) is 2. The van der Waals surface area contributed by atoms with Crippen LogP contribution in [-0.2, 0) is 10.0 Å². The predicted molar refractivity (Wildman–Crippen MR) is 78.2 cm³/mol. The second kappa shape index (κ2) is 5.58. The SMILES string of the molecule is CC(=O)c1ccc(S(=O)(=O)N2CCC(C)(C#N)CC2)cc1. The number of hydrogen-bond acceptors (Lipinski definition) is 4. The van der Waals surface area contributed by atoms with Crippen LogP contribution in [0.1, 0.15) is 37.0 Å². The zero-order valence-corrected chi connectivity index (χ0v) is 13.0. The largest absolute Gasteiger partial charge is 0.295 e. The smallest absolute Gasteiger partial charge is 0.243 e. The summed E-state index contributed by atoms with van der Waals surface area (Å²) >= 11 is 0. The first-order valence-corrected chi connectivity index (χ1v) is 8.25. The Balaban J connectivity index is 2.20. The van der Waals surface area contributed by atoms with E-state index in [-0.39, 0.29) is 10.7 Å². The van der Waals surface area contributed by atoms with Gasteiger partial charge < -0.3 is 0 Å². The molecule has 1 aromatic rings. The number of hydrogen-bond donors (Lipinski definition) is 0. The number of Topliss-reactive ketones (excluding diaryl/α,β-unsaturated/α-hetero) is 1. The minimum Gasteiger partial charge on any atom is -0.295 e. The number of piperidine rings is 1. The Morgan fingerprint density at radius 2 is 1.76 bits per heavy atom. The first-order valence-electron chi connectivity index (χ1n) is 6.81. The van der Waals surface area contributed by atoms with Crippen LogP contribution < -0.4 is 0 Å². The molecular formula is C15H18N2O3S. The highest BCUT2D eigenvalue weighted by Gasteiger charge is 2.35. The van der Waals surface area contributed by atoms with Crippen LogP contribution in [0.25, 0.3) is 0 Å². The molecule has 6 heteroatoms. The maximum Gasteiger partial charge on any atom is 0.243 e. The van der Waals surface area contributed by atoms with Crippen molar-refractivity contribution in [3.05, 3.63) is 29.8 Å². The fourth-order valence-electron chi connectivity index (χ4n) is 2.34. The lowest BCUT2D eigenvalue weighted by atomic mass is 9.83. The summed E-state index contributed by atoms with van der Waals surface area (Å²) in [7, 11) is -3.55. The molecule has 1 fully saturated rings. The maximum absolute atomic E-state index is 12.5. The van der Waals surface area contributed by atoms with Crippen molar-refractivity contribution < 1.29 is 13.2 Å². The summed E-state index contributed by atoms with van der Waals surface area (Å²) < 4.78 is 26.5. The van der Waals surface area contributed by atoms with Crippen LogP contribution in [0.15, 0.2) is 29.2 Å². The Labute approximate surface area is 125 Å². The monoisotopic (exact) mass is 306 g/mol. The lowest BCUT2D eigenvalue weighted by Gasteiger charge is -2.34. The van der Waals surface area contributed by atoms with Crippen molar-refractivity contribution in [2.24, 2.45) is 5.41 Å². The van der Waals surface area contributed by atoms with Crippen molar-refractivity contribution in [3.63, 3.8) is 0 Å². The third-order valence-corrected chi connectivity index (χ3v) is 5.91. The molecule has 0 bridgehead atoms. The highest BCUT2D eigenvalue weighted by molar-refractivity contribution is 7.89. The molecule has 0 aliphatic carbocycles. The Morgan fingerprint density at radius 3 is 2.19 bits per heavy atom. The Morgan fingerprint density at radius 1 is 1.24 bits per heavy atom. The van der Waals surface area contributed by atoms with Gasteiger partial charge >= 0.3 is 0 Å². The van der Waals surface area contributed by atoms with Crippen LogP contribution >= 0.6 is 0 Å². The van der Waals surface area contributed by atoms with Crippen molar-refractivity contribution in [1.82, 2.24) is 4.31 Å². The molecule has 1 aliphatic heterocycles. The molecule has 0 amide bonds. The molecule has 0 spiro atoms. The van der Waals surface area contributed by atoms with Gasteiger partial charge in [0.1, 0.15) is 0 Å². The molecule has 1 aromatic carbocycles. The van der Waals surface area contributed by atoms with Gasteiger partial charge in [0.15, 0.2) is 5.78 Å². The van der Waals surface area contributed by atoms with Crippen LogP contribution in [0.3, 0.4) is 0 Å². The number of sulfonamides is 1. The minimum atomic E-state index is -3.55. The molecule has 112 valence electrons. The van der Waals surface area contributed by atoms with Crippen LogP contribution in [0, 0.1) is 16.7 Å². The standard InChI is InChI=1S/C15H18N2O3S/c1-12(18)13-3-5-14(6-4-13)21(19,20)17-9-7-15(2,11-16)8-10-17/h3-6H,7-10H2,1-2H3. The summed E-state index contributed by atoms with van der Waals surface area (Å²) in [6.45, 7) is 4.00. The summed E-state index contributed by atoms with van der Waals surface area (Å²) in [6, 6.07) is 8.23. The molecule has 2 rings (SSSR count). The summed E-state index contributed by atoms with van der Waals surface area (Å²) in [5.74, 6) is -0.0956. The van der Waals surface area contributed by atoms with E-state index in [0.717, 1.165) is 0 Å². The van der Waals surface area contributed by atoms with E-state index in [2.05, 4.69) is 6.07 Å². The molecular weight excluding hydrogens is 288 g/mol. The van der Waals surface area contributed by atoms with Gasteiger partial charge in [-0.25, -0.2) is 8.42 Å². The number of carbonyl (C=O) groups excluding carboxylic acids is 1. The fraction of sp³-hybridized carbons (Fsp3) is 0.467. The quantitative estimate of drug-likeness (QED) is 0.802. The van der Waals surface area contributed by atoms with Crippen molar-refractivity contribution in [2.75, 3.05) is 13.1 Å². The third-order valence-electron chi connectivity index (χ3n) is 3.99. The number of rotatable bonds is 3. The topological polar surface area (TPSA) is 78.2 Å². The average Bonchev–Trinajstić information content (AvgIpc) is 2.48. The van der Waals surface area contributed by atoms with Gasteiger partial charge in [-0.05, 0) is 38.8 Å². The maximum atomic E-state index is 12.5. The van der Waals surface area contributed by atoms with E-state index in [1.54, 1.807) is 0 Å². The van der Waals surface area contributed by atoms with Gasteiger partial charge in [0, 0.05) is 18.7 Å². The molecule has 1 heterocycles. The van der Waals surface area contributed by atoms with Crippen molar-refractivity contribution in [1.29, 1.82) is 5.26 Å². The summed E-state index contributed by atoms with van der Waals surface area (Å²) in [5.41, 5.74) is 0.0504. The van der Waals surface area contributed by atoms with E-state index in [0.29, 0.717) is 31.5 Å². The third kappa shape index (κ3) is 3.14. The number of ketones is 1. The molecule has 1 aliphatic rings. The molecule has 5 nitrogen and oxygen atoms in total. The molecule has 0 saturated carbocycles. The van der Waals surface area contributed by atoms with E-state index in [1.165, 1.54) is 35.5 Å². The molecule has 21 heavy (non-hydrogen) atoms. The van der Waals surface area contributed by atoms with Gasteiger partial charge in [-0.3, -0.25) is 4.79 Å². The zero-order chi connectivity index (χ0) is 15.7. The molecule has 0 aromatic heterocycles. The van der Waals surface area contributed by atoms with E-state index in [9.17, 15) is 13.2 Å². The first kappa shape index (κ1) is 15.7. The van der Waals surface area contributed by atoms with Crippen LogP contribution in [-0.4, -0.2) is 31.6 Å². The van der Waals surface area contributed by atoms with E-state index < -0.39 is 15.4 Å². The van der Waals surface area contributed by atoms with Crippen LogP contribution in [0.4, 0.5) is 0 Å². The predicted octanol–water partition coefficient (Wildman–Crippen LogP) is 2.20. The average molecular weight is 306 g/mol. The van der Waals surface area contributed by atoms with Crippen LogP contribution in [0.2, 0.25) is 0 Å². The van der Waals surface area contributed by atoms with Gasteiger partial charge in [0.05, 0.1) is 16.4 Å². The molecule has 0 atom stereocenters. The Kier molecular flexibility index (Phi) is 4.17. The number of carbonyl (C=O) groups is 1. The van der Waals surface area contributed by atoms with Crippen molar-refractivity contribution in [3.8, 4) is 6.07 Å².